The largest absolute Gasteiger partial charge is 0.342 e. The maximum Gasteiger partial charge on any atom is 0.225 e. The van der Waals surface area contributed by atoms with Crippen LogP contribution in [0.1, 0.15) is 45.4 Å². The van der Waals surface area contributed by atoms with Crippen LogP contribution in [0.15, 0.2) is 0 Å². The molecule has 5 nitrogen and oxygen atoms in total. The molecule has 0 N–H and O–H groups in total. The molecule has 0 aromatic heterocycles. The molecular weight excluding hydrogens is 276 g/mol. The number of nitrogens with zero attached hydrogens (tertiary/aromatic N) is 2. The van der Waals surface area contributed by atoms with E-state index in [1.807, 2.05) is 11.8 Å². The Morgan fingerprint density at radius 1 is 1.10 bits per heavy atom. The molecule has 0 aromatic carbocycles. The quantitative estimate of drug-likeness (QED) is 0.772. The highest BCUT2D eigenvalue weighted by atomic mass is 32.2. The Morgan fingerprint density at radius 3 is 2.25 bits per heavy atom. The number of sulfonamides is 1. The van der Waals surface area contributed by atoms with Crippen molar-refractivity contribution in [3.63, 3.8) is 0 Å². The standard InChI is InChI=1S/C14H26N2O3S/c1-2-3-12-20(18,19)16-10-6-13(7-11-16)14(17)15-8-4-5-9-15/h13H,2-12H2,1H3. The predicted molar refractivity (Wildman–Crippen MR) is 78.8 cm³/mol. The van der Waals surface area contributed by atoms with Crippen LogP contribution in [-0.4, -0.2) is 55.5 Å². The first-order valence-corrected chi connectivity index (χ1v) is 9.42. The van der Waals surface area contributed by atoms with E-state index in [1.54, 1.807) is 4.31 Å². The van der Waals surface area contributed by atoms with Gasteiger partial charge in [-0.15, -0.1) is 0 Å². The number of hydrogen-bond donors (Lipinski definition) is 0. The number of unbranched alkanes of at least 4 members (excludes halogenated alkanes) is 1. The normalized spacial score (nSPS) is 22.4. The first kappa shape index (κ1) is 15.8. The van der Waals surface area contributed by atoms with Crippen molar-refractivity contribution in [2.45, 2.75) is 45.4 Å². The highest BCUT2D eigenvalue weighted by Crippen LogP contribution is 2.23. The number of hydrogen-bond acceptors (Lipinski definition) is 3. The zero-order chi connectivity index (χ0) is 14.6. The summed E-state index contributed by atoms with van der Waals surface area (Å²) in [4.78, 5) is 14.2. The second-order valence-corrected chi connectivity index (χ2v) is 7.96. The van der Waals surface area contributed by atoms with Gasteiger partial charge in [0.25, 0.3) is 0 Å². The first-order chi connectivity index (χ1) is 9.54. The third-order valence-electron chi connectivity index (χ3n) is 4.37. The van der Waals surface area contributed by atoms with Gasteiger partial charge in [-0.25, -0.2) is 12.7 Å². The third-order valence-corrected chi connectivity index (χ3v) is 6.33. The van der Waals surface area contributed by atoms with Crippen molar-refractivity contribution in [1.82, 2.24) is 9.21 Å². The van der Waals surface area contributed by atoms with Gasteiger partial charge in [-0.05, 0) is 32.1 Å². The fourth-order valence-corrected chi connectivity index (χ4v) is 4.71. The zero-order valence-electron chi connectivity index (χ0n) is 12.4. The van der Waals surface area contributed by atoms with Crippen molar-refractivity contribution in [2.75, 3.05) is 31.9 Å². The number of rotatable bonds is 5. The number of carbonyl (C=O) groups is 1. The Kier molecular flexibility index (Phi) is 5.43. The van der Waals surface area contributed by atoms with E-state index in [0.29, 0.717) is 25.9 Å². The van der Waals surface area contributed by atoms with Crippen LogP contribution in [0.25, 0.3) is 0 Å². The molecule has 0 saturated carbocycles. The van der Waals surface area contributed by atoms with E-state index in [9.17, 15) is 13.2 Å². The van der Waals surface area contributed by atoms with Gasteiger partial charge in [0.2, 0.25) is 15.9 Å². The van der Waals surface area contributed by atoms with Crippen molar-refractivity contribution >= 4 is 15.9 Å². The van der Waals surface area contributed by atoms with E-state index in [0.717, 1.165) is 38.8 Å². The van der Waals surface area contributed by atoms with Gasteiger partial charge < -0.3 is 4.90 Å². The molecule has 0 radical (unpaired) electrons. The molecule has 20 heavy (non-hydrogen) atoms. The molecule has 2 heterocycles. The van der Waals surface area contributed by atoms with Crippen molar-refractivity contribution in [3.8, 4) is 0 Å². The minimum atomic E-state index is -3.11. The summed E-state index contributed by atoms with van der Waals surface area (Å²) in [5, 5.41) is 0. The number of amides is 1. The summed E-state index contributed by atoms with van der Waals surface area (Å²) >= 11 is 0. The van der Waals surface area contributed by atoms with Gasteiger partial charge in [0.1, 0.15) is 0 Å². The lowest BCUT2D eigenvalue weighted by molar-refractivity contribution is -0.135. The van der Waals surface area contributed by atoms with Gasteiger partial charge in [-0.2, -0.15) is 0 Å². The lowest BCUT2D eigenvalue weighted by Crippen LogP contribution is -2.44. The predicted octanol–water partition coefficient (Wildman–Crippen LogP) is 1.45. The minimum Gasteiger partial charge on any atom is -0.342 e. The molecule has 2 aliphatic rings. The fourth-order valence-electron chi connectivity index (χ4n) is 3.03. The molecule has 0 spiro atoms. The molecular formula is C14H26N2O3S. The monoisotopic (exact) mass is 302 g/mol. The van der Waals surface area contributed by atoms with E-state index in [4.69, 9.17) is 0 Å². The molecule has 2 fully saturated rings. The Hall–Kier alpha value is -0.620. The summed E-state index contributed by atoms with van der Waals surface area (Å²) in [5.41, 5.74) is 0. The molecule has 0 unspecified atom stereocenters. The van der Waals surface area contributed by atoms with Crippen LogP contribution < -0.4 is 0 Å². The van der Waals surface area contributed by atoms with Crippen molar-refractivity contribution < 1.29 is 13.2 Å². The van der Waals surface area contributed by atoms with Gasteiger partial charge in [-0.3, -0.25) is 4.79 Å². The molecule has 0 atom stereocenters. The average molecular weight is 302 g/mol. The number of carbonyl (C=O) groups excluding carboxylic acids is 1. The summed E-state index contributed by atoms with van der Waals surface area (Å²) in [6.07, 6.45) is 5.19. The van der Waals surface area contributed by atoms with Crippen molar-refractivity contribution in [3.05, 3.63) is 0 Å². The van der Waals surface area contributed by atoms with E-state index < -0.39 is 10.0 Å². The number of piperidine rings is 1. The molecule has 2 rings (SSSR count). The Labute approximate surface area is 122 Å². The Bertz CT molecular complexity index is 422. The summed E-state index contributed by atoms with van der Waals surface area (Å²) in [7, 11) is -3.11. The smallest absolute Gasteiger partial charge is 0.225 e. The van der Waals surface area contributed by atoms with Crippen molar-refractivity contribution in [2.24, 2.45) is 5.92 Å². The van der Waals surface area contributed by atoms with Gasteiger partial charge in [-0.1, -0.05) is 13.3 Å². The summed E-state index contributed by atoms with van der Waals surface area (Å²) < 4.78 is 25.8. The molecule has 0 aliphatic carbocycles. The molecule has 0 aromatic rings. The van der Waals surface area contributed by atoms with Crippen LogP contribution in [0.3, 0.4) is 0 Å². The lowest BCUT2D eigenvalue weighted by Gasteiger charge is -2.32. The number of likely N-dealkylation sites (tertiary alicyclic amines) is 1. The highest BCUT2D eigenvalue weighted by Gasteiger charge is 2.33. The van der Waals surface area contributed by atoms with Gasteiger partial charge in [0, 0.05) is 32.1 Å². The van der Waals surface area contributed by atoms with E-state index in [1.165, 1.54) is 0 Å². The van der Waals surface area contributed by atoms with Crippen LogP contribution >= 0.6 is 0 Å². The molecule has 116 valence electrons. The molecule has 2 saturated heterocycles. The highest BCUT2D eigenvalue weighted by molar-refractivity contribution is 7.89. The second-order valence-electron chi connectivity index (χ2n) is 5.88. The van der Waals surface area contributed by atoms with Crippen LogP contribution in [0.2, 0.25) is 0 Å². The van der Waals surface area contributed by atoms with E-state index in [2.05, 4.69) is 0 Å². The minimum absolute atomic E-state index is 0.0331. The van der Waals surface area contributed by atoms with Crippen LogP contribution in [-0.2, 0) is 14.8 Å². The Balaban J connectivity index is 1.84. The molecule has 2 aliphatic heterocycles. The van der Waals surface area contributed by atoms with Gasteiger partial charge in [0.15, 0.2) is 0 Å². The summed E-state index contributed by atoms with van der Waals surface area (Å²) in [5.74, 6) is 0.521. The van der Waals surface area contributed by atoms with Gasteiger partial charge >= 0.3 is 0 Å². The molecule has 0 bridgehead atoms. The van der Waals surface area contributed by atoms with E-state index >= 15 is 0 Å². The lowest BCUT2D eigenvalue weighted by atomic mass is 9.97. The third kappa shape index (κ3) is 3.73. The van der Waals surface area contributed by atoms with Crippen LogP contribution in [0.4, 0.5) is 0 Å². The van der Waals surface area contributed by atoms with Crippen LogP contribution in [0.5, 0.6) is 0 Å². The SMILES string of the molecule is CCCCS(=O)(=O)N1CCC(C(=O)N2CCCC2)CC1. The van der Waals surface area contributed by atoms with Crippen molar-refractivity contribution in [1.29, 1.82) is 0 Å². The molecule has 1 amide bonds. The maximum atomic E-state index is 12.3. The topological polar surface area (TPSA) is 57.7 Å². The average Bonchev–Trinajstić information content (AvgIpc) is 2.99. The molecule has 6 heteroatoms. The first-order valence-electron chi connectivity index (χ1n) is 7.81. The summed E-state index contributed by atoms with van der Waals surface area (Å²) in [6.45, 7) is 4.78. The second kappa shape index (κ2) is 6.89. The maximum absolute atomic E-state index is 12.3. The zero-order valence-corrected chi connectivity index (χ0v) is 13.2. The Morgan fingerprint density at radius 2 is 1.70 bits per heavy atom. The summed E-state index contributed by atoms with van der Waals surface area (Å²) in [6, 6.07) is 0. The van der Waals surface area contributed by atoms with Crippen LogP contribution in [0, 0.1) is 5.92 Å². The fraction of sp³-hybridized carbons (Fsp3) is 0.929. The van der Waals surface area contributed by atoms with Gasteiger partial charge in [0.05, 0.1) is 5.75 Å². The van der Waals surface area contributed by atoms with E-state index in [-0.39, 0.29) is 17.6 Å².